The van der Waals surface area contributed by atoms with Crippen LogP contribution in [0.4, 0.5) is 5.69 Å². The number of hydrogen-bond acceptors (Lipinski definition) is 2. The lowest BCUT2D eigenvalue weighted by atomic mass is 9.95. The largest absolute Gasteiger partial charge is 0.366 e. The highest BCUT2D eigenvalue weighted by atomic mass is 15.2. The molecule has 0 bridgehead atoms. The van der Waals surface area contributed by atoms with Crippen molar-refractivity contribution in [3.63, 3.8) is 0 Å². The van der Waals surface area contributed by atoms with Gasteiger partial charge >= 0.3 is 0 Å². The van der Waals surface area contributed by atoms with Crippen LogP contribution in [0, 0.1) is 5.92 Å². The van der Waals surface area contributed by atoms with Gasteiger partial charge in [0.05, 0.1) is 0 Å². The van der Waals surface area contributed by atoms with Crippen LogP contribution in [0.3, 0.4) is 0 Å². The Balaban J connectivity index is 1.87. The van der Waals surface area contributed by atoms with E-state index < -0.39 is 0 Å². The number of hydrogen-bond donors (Lipinski definition) is 1. The van der Waals surface area contributed by atoms with Gasteiger partial charge in [0.15, 0.2) is 0 Å². The third kappa shape index (κ3) is 1.30. The summed E-state index contributed by atoms with van der Waals surface area (Å²) in [5, 5.41) is 3.54. The molecule has 1 aromatic rings. The van der Waals surface area contributed by atoms with Crippen LogP contribution in [0.25, 0.3) is 0 Å². The molecule has 0 spiro atoms. The summed E-state index contributed by atoms with van der Waals surface area (Å²) < 4.78 is 0. The third-order valence-corrected chi connectivity index (χ3v) is 4.85. The van der Waals surface area contributed by atoms with Gasteiger partial charge in [-0.3, -0.25) is 0 Å². The quantitative estimate of drug-likeness (QED) is 0.734. The molecule has 0 aromatic heterocycles. The number of anilines is 1. The molecule has 1 saturated carbocycles. The number of benzene rings is 1. The van der Waals surface area contributed by atoms with Crippen LogP contribution in [0.5, 0.6) is 0 Å². The van der Waals surface area contributed by atoms with E-state index in [-0.39, 0.29) is 0 Å². The van der Waals surface area contributed by atoms with Crippen LogP contribution in [0.1, 0.15) is 36.8 Å². The third-order valence-electron chi connectivity index (χ3n) is 4.85. The Morgan fingerprint density at radius 3 is 3.18 bits per heavy atom. The molecule has 4 rings (SSSR count). The molecule has 3 atom stereocenters. The molecule has 1 fully saturated rings. The molecule has 2 heteroatoms. The van der Waals surface area contributed by atoms with Crippen LogP contribution >= 0.6 is 0 Å². The second-order valence-electron chi connectivity index (χ2n) is 5.98. The summed E-state index contributed by atoms with van der Waals surface area (Å²) in [6.45, 7) is 5.79. The summed E-state index contributed by atoms with van der Waals surface area (Å²) >= 11 is 0. The summed E-state index contributed by atoms with van der Waals surface area (Å²) in [5.41, 5.74) is 4.74. The molecule has 0 radical (unpaired) electrons. The van der Waals surface area contributed by atoms with Crippen molar-refractivity contribution >= 4 is 5.69 Å². The predicted molar refractivity (Wildman–Crippen MR) is 70.4 cm³/mol. The Morgan fingerprint density at radius 1 is 1.29 bits per heavy atom. The lowest BCUT2D eigenvalue weighted by Crippen LogP contribution is -2.35. The topological polar surface area (TPSA) is 15.3 Å². The van der Waals surface area contributed by atoms with Crippen molar-refractivity contribution in [3.05, 3.63) is 29.3 Å². The Hall–Kier alpha value is -1.02. The number of rotatable bonds is 0. The van der Waals surface area contributed by atoms with Crippen molar-refractivity contribution < 1.29 is 0 Å². The van der Waals surface area contributed by atoms with Crippen molar-refractivity contribution in [2.24, 2.45) is 5.92 Å². The number of nitrogens with one attached hydrogen (secondary N) is 1. The fourth-order valence-electron chi connectivity index (χ4n) is 4.21. The Bertz CT molecular complexity index is 454. The van der Waals surface area contributed by atoms with Crippen molar-refractivity contribution in [2.45, 2.75) is 38.3 Å². The Kier molecular flexibility index (Phi) is 2.04. The zero-order chi connectivity index (χ0) is 11.4. The molecule has 0 amide bonds. The molecule has 1 aliphatic carbocycles. The van der Waals surface area contributed by atoms with E-state index in [9.17, 15) is 0 Å². The van der Waals surface area contributed by atoms with Crippen LogP contribution in [-0.4, -0.2) is 19.1 Å². The first-order valence-corrected chi connectivity index (χ1v) is 6.94. The van der Waals surface area contributed by atoms with Gasteiger partial charge in [-0.25, -0.2) is 0 Å². The van der Waals surface area contributed by atoms with E-state index in [2.05, 4.69) is 35.3 Å². The van der Waals surface area contributed by atoms with E-state index in [1.54, 1.807) is 11.3 Å². The first-order chi connectivity index (χ1) is 8.34. The molecule has 90 valence electrons. The first-order valence-electron chi connectivity index (χ1n) is 6.94. The highest BCUT2D eigenvalue weighted by molar-refractivity contribution is 5.67. The van der Waals surface area contributed by atoms with E-state index in [0.717, 1.165) is 31.0 Å². The predicted octanol–water partition coefficient (Wildman–Crippen LogP) is 2.49. The fourth-order valence-corrected chi connectivity index (χ4v) is 4.21. The van der Waals surface area contributed by atoms with Gasteiger partial charge in [-0.15, -0.1) is 0 Å². The average molecular weight is 228 g/mol. The van der Waals surface area contributed by atoms with Gasteiger partial charge in [-0.2, -0.15) is 0 Å². The van der Waals surface area contributed by atoms with Gasteiger partial charge in [0.1, 0.15) is 0 Å². The van der Waals surface area contributed by atoms with Gasteiger partial charge in [0, 0.05) is 37.3 Å². The van der Waals surface area contributed by atoms with Crippen molar-refractivity contribution in [1.82, 2.24) is 5.32 Å². The summed E-state index contributed by atoms with van der Waals surface area (Å²) in [4.78, 5) is 2.71. The molecule has 1 N–H and O–H groups in total. The molecule has 3 aliphatic rings. The summed E-state index contributed by atoms with van der Waals surface area (Å²) in [6.07, 6.45) is 2.78. The Morgan fingerprint density at radius 2 is 2.24 bits per heavy atom. The summed E-state index contributed by atoms with van der Waals surface area (Å²) in [6, 6.07) is 7.72. The van der Waals surface area contributed by atoms with E-state index in [1.807, 2.05) is 0 Å². The normalized spacial score (nSPS) is 34.4. The SMILES string of the molecule is C[C@@H]1CC2c3cccc4c3N(CCNC4)C2C1. The van der Waals surface area contributed by atoms with Crippen LogP contribution in [0.2, 0.25) is 0 Å². The smallest absolute Gasteiger partial charge is 0.0451 e. The fraction of sp³-hybridized carbons (Fsp3) is 0.600. The molecule has 2 heterocycles. The van der Waals surface area contributed by atoms with Gasteiger partial charge in [-0.1, -0.05) is 25.1 Å². The number of fused-ring (bicyclic) bond motifs is 3. The second-order valence-corrected chi connectivity index (χ2v) is 5.98. The molecular formula is C15H20N2. The van der Waals surface area contributed by atoms with Crippen LogP contribution in [0.15, 0.2) is 18.2 Å². The zero-order valence-corrected chi connectivity index (χ0v) is 10.4. The monoisotopic (exact) mass is 228 g/mol. The molecule has 2 unspecified atom stereocenters. The van der Waals surface area contributed by atoms with Crippen LogP contribution in [-0.2, 0) is 6.54 Å². The molecule has 17 heavy (non-hydrogen) atoms. The lowest BCUT2D eigenvalue weighted by molar-refractivity contribution is 0.560. The summed E-state index contributed by atoms with van der Waals surface area (Å²) in [7, 11) is 0. The molecule has 2 aliphatic heterocycles. The minimum absolute atomic E-state index is 0.793. The van der Waals surface area contributed by atoms with E-state index in [4.69, 9.17) is 0 Å². The van der Waals surface area contributed by atoms with E-state index in [1.165, 1.54) is 24.9 Å². The maximum Gasteiger partial charge on any atom is 0.0451 e. The van der Waals surface area contributed by atoms with Gasteiger partial charge in [-0.05, 0) is 29.9 Å². The van der Waals surface area contributed by atoms with Gasteiger partial charge in [0.2, 0.25) is 0 Å². The zero-order valence-electron chi connectivity index (χ0n) is 10.4. The molecule has 2 nitrogen and oxygen atoms in total. The van der Waals surface area contributed by atoms with Crippen molar-refractivity contribution in [1.29, 1.82) is 0 Å². The van der Waals surface area contributed by atoms with Crippen LogP contribution < -0.4 is 10.2 Å². The Labute approximate surface area is 103 Å². The summed E-state index contributed by atoms with van der Waals surface area (Å²) in [5.74, 6) is 1.72. The maximum atomic E-state index is 3.54. The minimum atomic E-state index is 0.793. The molecular weight excluding hydrogens is 208 g/mol. The second kappa shape index (κ2) is 3.49. The van der Waals surface area contributed by atoms with Gasteiger partial charge in [0.25, 0.3) is 0 Å². The van der Waals surface area contributed by atoms with E-state index >= 15 is 0 Å². The molecule has 0 saturated heterocycles. The van der Waals surface area contributed by atoms with E-state index in [0.29, 0.717) is 0 Å². The standard InChI is InChI=1S/C15H20N2/c1-10-7-13-12-4-2-3-11-9-16-5-6-17(15(11)12)14(13)8-10/h2-4,10,13-14,16H,5-9H2,1H3/t10-,13?,14?/m1/s1. The highest BCUT2D eigenvalue weighted by Crippen LogP contribution is 2.52. The highest BCUT2D eigenvalue weighted by Gasteiger charge is 2.44. The molecule has 1 aromatic carbocycles. The van der Waals surface area contributed by atoms with Crippen molar-refractivity contribution in [2.75, 3.05) is 18.0 Å². The van der Waals surface area contributed by atoms with Gasteiger partial charge < -0.3 is 10.2 Å². The number of para-hydroxylation sites is 1. The first kappa shape index (κ1) is 9.95. The lowest BCUT2D eigenvalue weighted by Gasteiger charge is -2.26. The average Bonchev–Trinajstić information content (AvgIpc) is 2.73. The maximum absolute atomic E-state index is 3.54. The van der Waals surface area contributed by atoms with Crippen molar-refractivity contribution in [3.8, 4) is 0 Å². The minimum Gasteiger partial charge on any atom is -0.366 e. The number of nitrogens with zero attached hydrogens (tertiary/aromatic N) is 1.